The molecule has 0 radical (unpaired) electrons. The zero-order valence-corrected chi connectivity index (χ0v) is 13.9. The van der Waals surface area contributed by atoms with Crippen LogP contribution in [0.15, 0.2) is 59.2 Å². The van der Waals surface area contributed by atoms with Crippen molar-refractivity contribution in [1.82, 2.24) is 5.32 Å². The molecule has 0 aliphatic rings. The fourth-order valence-electron chi connectivity index (χ4n) is 2.26. The molecule has 1 unspecified atom stereocenters. The molecule has 1 amide bonds. The molecular formula is C18H17NO4S. The Morgan fingerprint density at radius 2 is 2.17 bits per heavy atom. The van der Waals surface area contributed by atoms with Gasteiger partial charge in [0.05, 0.1) is 19.9 Å². The highest BCUT2D eigenvalue weighted by Crippen LogP contribution is 2.28. The van der Waals surface area contributed by atoms with E-state index in [1.807, 2.05) is 12.1 Å². The van der Waals surface area contributed by atoms with Gasteiger partial charge in [-0.25, -0.2) is 0 Å². The monoisotopic (exact) mass is 343 g/mol. The van der Waals surface area contributed by atoms with Gasteiger partial charge < -0.3 is 19.6 Å². The second kappa shape index (κ2) is 7.33. The standard InChI is InChI=1S/C18H17NO4S/c1-22-13-5-2-4-12(10-13)18(21)19-11-14-7-8-16(24-14)17(20)15-6-3-9-23-15/h2-10,17,20H,11H2,1H3,(H,19,21). The minimum absolute atomic E-state index is 0.171. The zero-order chi connectivity index (χ0) is 16.9. The number of hydrogen-bond donors (Lipinski definition) is 2. The average molecular weight is 343 g/mol. The fraction of sp³-hybridized carbons (Fsp3) is 0.167. The molecule has 1 atom stereocenters. The van der Waals surface area contributed by atoms with Gasteiger partial charge in [-0.3, -0.25) is 4.79 Å². The van der Waals surface area contributed by atoms with Gasteiger partial charge in [-0.05, 0) is 42.5 Å². The molecule has 0 fully saturated rings. The first-order valence-electron chi connectivity index (χ1n) is 7.39. The molecule has 3 rings (SSSR count). The molecule has 5 nitrogen and oxygen atoms in total. The number of hydrogen-bond acceptors (Lipinski definition) is 5. The van der Waals surface area contributed by atoms with Crippen molar-refractivity contribution in [3.63, 3.8) is 0 Å². The first-order chi connectivity index (χ1) is 11.7. The van der Waals surface area contributed by atoms with Gasteiger partial charge in [0.15, 0.2) is 0 Å². The lowest BCUT2D eigenvalue weighted by Crippen LogP contribution is -2.22. The fourth-order valence-corrected chi connectivity index (χ4v) is 3.20. The third-order valence-corrected chi connectivity index (χ3v) is 4.66. The van der Waals surface area contributed by atoms with Crippen molar-refractivity contribution < 1.29 is 19.1 Å². The van der Waals surface area contributed by atoms with Crippen LogP contribution >= 0.6 is 11.3 Å². The number of carbonyl (C=O) groups is 1. The summed E-state index contributed by atoms with van der Waals surface area (Å²) < 4.78 is 10.3. The second-order valence-electron chi connectivity index (χ2n) is 5.14. The molecular weight excluding hydrogens is 326 g/mol. The van der Waals surface area contributed by atoms with Crippen molar-refractivity contribution in [3.8, 4) is 5.75 Å². The van der Waals surface area contributed by atoms with Crippen LogP contribution in [0.2, 0.25) is 0 Å². The van der Waals surface area contributed by atoms with Gasteiger partial charge in [0.25, 0.3) is 5.91 Å². The van der Waals surface area contributed by atoms with Crippen molar-refractivity contribution in [1.29, 1.82) is 0 Å². The second-order valence-corrected chi connectivity index (χ2v) is 6.34. The highest BCUT2D eigenvalue weighted by Gasteiger charge is 2.16. The Bertz CT molecular complexity index is 810. The van der Waals surface area contributed by atoms with E-state index in [1.165, 1.54) is 17.6 Å². The van der Waals surface area contributed by atoms with Crippen molar-refractivity contribution >= 4 is 17.2 Å². The van der Waals surface area contributed by atoms with Crippen LogP contribution in [0.5, 0.6) is 5.75 Å². The van der Waals surface area contributed by atoms with Crippen LogP contribution in [0.1, 0.15) is 32.0 Å². The number of rotatable bonds is 6. The summed E-state index contributed by atoms with van der Waals surface area (Å²) in [5.74, 6) is 0.974. The van der Waals surface area contributed by atoms with Crippen molar-refractivity contribution in [3.05, 3.63) is 75.9 Å². The van der Waals surface area contributed by atoms with Gasteiger partial charge in [-0.1, -0.05) is 6.07 Å². The van der Waals surface area contributed by atoms with Crippen molar-refractivity contribution in [2.24, 2.45) is 0 Å². The van der Waals surface area contributed by atoms with E-state index in [2.05, 4.69) is 5.32 Å². The van der Waals surface area contributed by atoms with Gasteiger partial charge in [-0.15, -0.1) is 11.3 Å². The lowest BCUT2D eigenvalue weighted by molar-refractivity contribution is 0.0951. The van der Waals surface area contributed by atoms with Gasteiger partial charge in [0.1, 0.15) is 17.6 Å². The van der Waals surface area contributed by atoms with Crippen LogP contribution in [-0.2, 0) is 6.54 Å². The SMILES string of the molecule is COc1cccc(C(=O)NCc2ccc(C(O)c3ccco3)s2)c1. The molecule has 1 aromatic carbocycles. The van der Waals surface area contributed by atoms with E-state index in [-0.39, 0.29) is 5.91 Å². The van der Waals surface area contributed by atoms with Crippen LogP contribution in [0, 0.1) is 0 Å². The van der Waals surface area contributed by atoms with Crippen molar-refractivity contribution in [2.45, 2.75) is 12.6 Å². The summed E-state index contributed by atoms with van der Waals surface area (Å²) >= 11 is 1.43. The number of amides is 1. The van der Waals surface area contributed by atoms with Gasteiger partial charge in [0, 0.05) is 15.3 Å². The summed E-state index contributed by atoms with van der Waals surface area (Å²) in [6.07, 6.45) is 0.745. The number of furan rings is 1. The van der Waals surface area contributed by atoms with Crippen LogP contribution in [-0.4, -0.2) is 18.1 Å². The molecule has 2 heterocycles. The third kappa shape index (κ3) is 3.67. The van der Waals surface area contributed by atoms with Crippen LogP contribution in [0.3, 0.4) is 0 Å². The summed E-state index contributed by atoms with van der Waals surface area (Å²) in [6, 6.07) is 14.2. The van der Waals surface area contributed by atoms with Gasteiger partial charge >= 0.3 is 0 Å². The average Bonchev–Trinajstić information content (AvgIpc) is 3.31. The molecule has 24 heavy (non-hydrogen) atoms. The lowest BCUT2D eigenvalue weighted by atomic mass is 10.2. The Kier molecular flexibility index (Phi) is 4.98. The Balaban J connectivity index is 1.62. The lowest BCUT2D eigenvalue weighted by Gasteiger charge is -2.06. The van der Waals surface area contributed by atoms with Crippen molar-refractivity contribution in [2.75, 3.05) is 7.11 Å². The summed E-state index contributed by atoms with van der Waals surface area (Å²) in [4.78, 5) is 13.9. The number of aliphatic hydroxyl groups excluding tert-OH is 1. The molecule has 0 spiro atoms. The van der Waals surface area contributed by atoms with E-state index < -0.39 is 6.10 Å². The molecule has 2 aromatic heterocycles. The van der Waals surface area contributed by atoms with Gasteiger partial charge in [-0.2, -0.15) is 0 Å². The first-order valence-corrected chi connectivity index (χ1v) is 8.21. The molecule has 0 saturated carbocycles. The minimum Gasteiger partial charge on any atom is -0.497 e. The van der Waals surface area contributed by atoms with E-state index in [4.69, 9.17) is 9.15 Å². The Morgan fingerprint density at radius 3 is 2.92 bits per heavy atom. The van der Waals surface area contributed by atoms with Crippen LogP contribution < -0.4 is 10.1 Å². The predicted molar refractivity (Wildman–Crippen MR) is 91.3 cm³/mol. The molecule has 2 N–H and O–H groups in total. The highest BCUT2D eigenvalue weighted by atomic mass is 32.1. The number of carbonyl (C=O) groups excluding carboxylic acids is 1. The number of nitrogens with one attached hydrogen (secondary N) is 1. The number of benzene rings is 1. The molecule has 6 heteroatoms. The first kappa shape index (κ1) is 16.3. The number of ether oxygens (including phenoxy) is 1. The molecule has 3 aromatic rings. The zero-order valence-electron chi connectivity index (χ0n) is 13.1. The number of thiophene rings is 1. The van der Waals surface area contributed by atoms with Crippen LogP contribution in [0.25, 0.3) is 0 Å². The molecule has 0 aliphatic heterocycles. The van der Waals surface area contributed by atoms with E-state index in [0.717, 1.165) is 9.75 Å². The maximum Gasteiger partial charge on any atom is 0.251 e. The summed E-state index contributed by atoms with van der Waals surface area (Å²) in [5, 5.41) is 13.1. The summed E-state index contributed by atoms with van der Waals surface area (Å²) in [5.41, 5.74) is 0.543. The predicted octanol–water partition coefficient (Wildman–Crippen LogP) is 3.36. The van der Waals surface area contributed by atoms with E-state index in [9.17, 15) is 9.90 Å². The summed E-state index contributed by atoms with van der Waals surface area (Å²) in [7, 11) is 1.56. The number of aliphatic hydroxyl groups is 1. The largest absolute Gasteiger partial charge is 0.497 e. The Labute approximate surface area is 143 Å². The summed E-state index contributed by atoms with van der Waals surface area (Å²) in [6.45, 7) is 0.394. The van der Waals surface area contributed by atoms with E-state index >= 15 is 0 Å². The third-order valence-electron chi connectivity index (χ3n) is 3.52. The minimum atomic E-state index is -0.784. The van der Waals surface area contributed by atoms with E-state index in [0.29, 0.717) is 23.6 Å². The molecule has 124 valence electrons. The van der Waals surface area contributed by atoms with Crippen LogP contribution in [0.4, 0.5) is 0 Å². The highest BCUT2D eigenvalue weighted by molar-refractivity contribution is 7.12. The smallest absolute Gasteiger partial charge is 0.251 e. The van der Waals surface area contributed by atoms with E-state index in [1.54, 1.807) is 43.5 Å². The van der Waals surface area contributed by atoms with Gasteiger partial charge in [0.2, 0.25) is 0 Å². The Hall–Kier alpha value is -2.57. The maximum absolute atomic E-state index is 12.2. The quantitative estimate of drug-likeness (QED) is 0.720. The maximum atomic E-state index is 12.2. The normalized spacial score (nSPS) is 11.9. The molecule has 0 bridgehead atoms. The number of methoxy groups -OCH3 is 1. The topological polar surface area (TPSA) is 71.7 Å². The Morgan fingerprint density at radius 1 is 1.29 bits per heavy atom. The molecule has 0 saturated heterocycles. The molecule has 0 aliphatic carbocycles.